The molecular weight excluding hydrogens is 376 g/mol. The van der Waals surface area contributed by atoms with Gasteiger partial charge in [-0.3, -0.25) is 4.90 Å². The zero-order valence-electron chi connectivity index (χ0n) is 15.6. The van der Waals surface area contributed by atoms with Crippen LogP contribution in [0.5, 0.6) is 0 Å². The lowest BCUT2D eigenvalue weighted by Gasteiger charge is -2.25. The molecule has 0 saturated heterocycles. The first-order chi connectivity index (χ1) is 14.4. The third-order valence-electron chi connectivity index (χ3n) is 4.65. The molecule has 3 aromatic heterocycles. The first-order valence-electron chi connectivity index (χ1n) is 9.33. The second-order valence-electron chi connectivity index (χ2n) is 6.53. The van der Waals surface area contributed by atoms with Crippen LogP contribution >= 0.6 is 11.3 Å². The molecule has 4 nitrogen and oxygen atoms in total. The number of anilines is 3. The Bertz CT molecular complexity index is 1120. The number of hydrogen-bond donors (Lipinski definition) is 0. The van der Waals surface area contributed by atoms with Crippen LogP contribution in [0.15, 0.2) is 108 Å². The summed E-state index contributed by atoms with van der Waals surface area (Å²) in [5.41, 5.74) is 5.18. The van der Waals surface area contributed by atoms with E-state index in [4.69, 9.17) is 4.98 Å². The number of benzene rings is 2. The van der Waals surface area contributed by atoms with E-state index in [0.717, 1.165) is 34.1 Å². The number of nitrogens with zero attached hydrogens (tertiary/aromatic N) is 4. The fourth-order valence-corrected chi connectivity index (χ4v) is 3.96. The molecule has 0 atom stereocenters. The Hall–Kier alpha value is -3.70. The molecule has 5 heteroatoms. The smallest absolute Gasteiger partial charge is 0.138 e. The monoisotopic (exact) mass is 394 g/mol. The lowest BCUT2D eigenvalue weighted by Crippen LogP contribution is -2.12. The Morgan fingerprint density at radius 2 is 1.66 bits per heavy atom. The Labute approximate surface area is 173 Å². The van der Waals surface area contributed by atoms with Gasteiger partial charge >= 0.3 is 0 Å². The zero-order valence-corrected chi connectivity index (χ0v) is 16.4. The maximum Gasteiger partial charge on any atom is 0.138 e. The first kappa shape index (κ1) is 17.4. The summed E-state index contributed by atoms with van der Waals surface area (Å²) in [5.74, 6) is 0.873. The fourth-order valence-electron chi connectivity index (χ4n) is 3.31. The van der Waals surface area contributed by atoms with Crippen LogP contribution < -0.4 is 4.90 Å². The summed E-state index contributed by atoms with van der Waals surface area (Å²) in [4.78, 5) is 7.14. The molecule has 0 saturated carbocycles. The van der Waals surface area contributed by atoms with E-state index in [1.54, 1.807) is 17.5 Å². The summed E-state index contributed by atoms with van der Waals surface area (Å²) < 4.78 is 1.86. The Kier molecular flexibility index (Phi) is 4.64. The van der Waals surface area contributed by atoms with E-state index in [1.165, 1.54) is 0 Å². The summed E-state index contributed by atoms with van der Waals surface area (Å²) in [6.45, 7) is 0. The van der Waals surface area contributed by atoms with Crippen molar-refractivity contribution in [3.05, 3.63) is 108 Å². The second kappa shape index (κ2) is 7.73. The summed E-state index contributed by atoms with van der Waals surface area (Å²) in [5, 5.41) is 8.56. The minimum atomic E-state index is 0.873. The van der Waals surface area contributed by atoms with Gasteiger partial charge in [0.1, 0.15) is 5.82 Å². The van der Waals surface area contributed by atoms with Crippen LogP contribution in [0.1, 0.15) is 0 Å². The highest BCUT2D eigenvalue weighted by molar-refractivity contribution is 7.08. The SMILES string of the molecule is c1ccc(N(c2cccc(-n3cccn3)c2)c2cccc(-c3ccsc3)n2)cc1. The lowest BCUT2D eigenvalue weighted by molar-refractivity contribution is 0.880. The lowest BCUT2D eigenvalue weighted by atomic mass is 10.2. The molecular formula is C24H18N4S. The number of aromatic nitrogens is 3. The predicted molar refractivity (Wildman–Crippen MR) is 119 cm³/mol. The minimum absolute atomic E-state index is 0.873. The maximum atomic E-state index is 4.97. The summed E-state index contributed by atoms with van der Waals surface area (Å²) in [7, 11) is 0. The van der Waals surface area contributed by atoms with Gasteiger partial charge in [0, 0.05) is 34.7 Å². The molecule has 0 radical (unpaired) electrons. The van der Waals surface area contributed by atoms with Gasteiger partial charge in [-0.05, 0) is 60.0 Å². The van der Waals surface area contributed by atoms with Crippen molar-refractivity contribution < 1.29 is 0 Å². The van der Waals surface area contributed by atoms with Gasteiger partial charge < -0.3 is 0 Å². The van der Waals surface area contributed by atoms with E-state index in [9.17, 15) is 0 Å². The second-order valence-corrected chi connectivity index (χ2v) is 7.31. The van der Waals surface area contributed by atoms with E-state index in [-0.39, 0.29) is 0 Å². The van der Waals surface area contributed by atoms with Crippen LogP contribution in [-0.4, -0.2) is 14.8 Å². The van der Waals surface area contributed by atoms with Gasteiger partial charge in [0.15, 0.2) is 0 Å². The highest BCUT2D eigenvalue weighted by Crippen LogP contribution is 2.35. The van der Waals surface area contributed by atoms with Crippen LogP contribution in [0.3, 0.4) is 0 Å². The molecule has 29 heavy (non-hydrogen) atoms. The van der Waals surface area contributed by atoms with Crippen molar-refractivity contribution in [3.8, 4) is 16.9 Å². The molecule has 2 aromatic carbocycles. The molecule has 0 aliphatic carbocycles. The molecule has 0 aliphatic heterocycles. The van der Waals surface area contributed by atoms with Crippen LogP contribution in [0.2, 0.25) is 0 Å². The Morgan fingerprint density at radius 1 is 0.793 bits per heavy atom. The molecule has 0 bridgehead atoms. The van der Waals surface area contributed by atoms with Crippen molar-refractivity contribution >= 4 is 28.5 Å². The molecule has 5 rings (SSSR count). The van der Waals surface area contributed by atoms with E-state index >= 15 is 0 Å². The minimum Gasteiger partial charge on any atom is -0.295 e. The summed E-state index contributed by atoms with van der Waals surface area (Å²) in [6.07, 6.45) is 3.73. The Morgan fingerprint density at radius 3 is 2.45 bits per heavy atom. The number of pyridine rings is 1. The van der Waals surface area contributed by atoms with Crippen LogP contribution in [-0.2, 0) is 0 Å². The van der Waals surface area contributed by atoms with Gasteiger partial charge in [-0.2, -0.15) is 16.4 Å². The van der Waals surface area contributed by atoms with Crippen molar-refractivity contribution in [2.75, 3.05) is 4.90 Å². The number of thiophene rings is 1. The fraction of sp³-hybridized carbons (Fsp3) is 0. The van der Waals surface area contributed by atoms with Crippen molar-refractivity contribution in [3.63, 3.8) is 0 Å². The van der Waals surface area contributed by atoms with Gasteiger partial charge in [0.25, 0.3) is 0 Å². The highest BCUT2D eigenvalue weighted by atomic mass is 32.1. The average Bonchev–Trinajstić information content (AvgIpc) is 3.50. The molecule has 0 spiro atoms. The molecule has 3 heterocycles. The van der Waals surface area contributed by atoms with E-state index < -0.39 is 0 Å². The predicted octanol–water partition coefficient (Wildman–Crippen LogP) is 6.47. The van der Waals surface area contributed by atoms with Gasteiger partial charge in [0.05, 0.1) is 11.4 Å². The topological polar surface area (TPSA) is 34.0 Å². The molecule has 0 aliphatic rings. The number of rotatable bonds is 5. The number of para-hydroxylation sites is 1. The third kappa shape index (κ3) is 3.56. The van der Waals surface area contributed by atoms with Crippen LogP contribution in [0.4, 0.5) is 17.2 Å². The molecule has 0 N–H and O–H groups in total. The molecule has 140 valence electrons. The Balaban J connectivity index is 1.64. The van der Waals surface area contributed by atoms with Gasteiger partial charge in [0.2, 0.25) is 0 Å². The zero-order chi connectivity index (χ0) is 19.5. The van der Waals surface area contributed by atoms with Crippen molar-refractivity contribution in [1.29, 1.82) is 0 Å². The maximum absolute atomic E-state index is 4.97. The van der Waals surface area contributed by atoms with Crippen molar-refractivity contribution in [2.24, 2.45) is 0 Å². The largest absolute Gasteiger partial charge is 0.295 e. The number of hydrogen-bond acceptors (Lipinski definition) is 4. The van der Waals surface area contributed by atoms with Crippen molar-refractivity contribution in [1.82, 2.24) is 14.8 Å². The molecule has 0 unspecified atom stereocenters. The highest BCUT2D eigenvalue weighted by Gasteiger charge is 2.15. The van der Waals surface area contributed by atoms with Gasteiger partial charge in [-0.1, -0.05) is 30.3 Å². The first-order valence-corrected chi connectivity index (χ1v) is 10.3. The summed E-state index contributed by atoms with van der Waals surface area (Å²) >= 11 is 1.68. The van der Waals surface area contributed by atoms with E-state index in [0.29, 0.717) is 0 Å². The van der Waals surface area contributed by atoms with Crippen LogP contribution in [0.25, 0.3) is 16.9 Å². The quantitative estimate of drug-likeness (QED) is 0.343. The standard InChI is InChI=1S/C24H18N4S/c1-2-7-20(8-3-1)28(22-10-4-9-21(17-22)27-15-6-14-25-27)24-12-5-11-23(26-24)19-13-16-29-18-19/h1-18H. The molecule has 0 fully saturated rings. The van der Waals surface area contributed by atoms with E-state index in [2.05, 4.69) is 69.3 Å². The van der Waals surface area contributed by atoms with Crippen molar-refractivity contribution in [2.45, 2.75) is 0 Å². The van der Waals surface area contributed by atoms with E-state index in [1.807, 2.05) is 47.3 Å². The summed E-state index contributed by atoms with van der Waals surface area (Å²) in [6, 6.07) is 28.8. The molecule has 5 aromatic rings. The molecule has 0 amide bonds. The third-order valence-corrected chi connectivity index (χ3v) is 5.33. The van der Waals surface area contributed by atoms with Gasteiger partial charge in [-0.15, -0.1) is 0 Å². The normalized spacial score (nSPS) is 10.8. The van der Waals surface area contributed by atoms with Gasteiger partial charge in [-0.25, -0.2) is 9.67 Å². The average molecular weight is 395 g/mol. The van der Waals surface area contributed by atoms with Crippen LogP contribution in [0, 0.1) is 0 Å².